The summed E-state index contributed by atoms with van der Waals surface area (Å²) in [5, 5.41) is 5.19. The van der Waals surface area contributed by atoms with Crippen LogP contribution in [0, 0.1) is 0 Å². The number of rotatable bonds is 4. The van der Waals surface area contributed by atoms with Gasteiger partial charge in [-0.25, -0.2) is 15.0 Å². The minimum Gasteiger partial charge on any atom is -0.456 e. The highest BCUT2D eigenvalue weighted by molar-refractivity contribution is 6.15. The zero-order valence-electron chi connectivity index (χ0n) is 34.9. The summed E-state index contributed by atoms with van der Waals surface area (Å²) in [7, 11) is 0. The van der Waals surface area contributed by atoms with E-state index in [1.807, 2.05) is 42.5 Å². The number of para-hydroxylation sites is 3. The summed E-state index contributed by atoms with van der Waals surface area (Å²) in [5.41, 5.74) is 15.6. The average molecular weight is 830 g/mol. The molecule has 0 bridgehead atoms. The van der Waals surface area contributed by atoms with Crippen molar-refractivity contribution in [3.63, 3.8) is 0 Å². The third kappa shape index (κ3) is 5.12. The van der Waals surface area contributed by atoms with Crippen LogP contribution in [0.1, 0.15) is 22.3 Å². The lowest BCUT2D eigenvalue weighted by Gasteiger charge is -2.40. The first-order valence-electron chi connectivity index (χ1n) is 22.0. The second-order valence-electron chi connectivity index (χ2n) is 17.0. The molecule has 0 saturated carbocycles. The smallest absolute Gasteiger partial charge is 0.160 e. The first-order valence-corrected chi connectivity index (χ1v) is 22.0. The Morgan fingerprint density at radius 1 is 0.369 bits per heavy atom. The molecule has 0 fully saturated rings. The van der Waals surface area contributed by atoms with Crippen LogP contribution in [0.15, 0.2) is 217 Å². The largest absolute Gasteiger partial charge is 0.456 e. The molecular formula is C60H35N3O2. The van der Waals surface area contributed by atoms with Crippen molar-refractivity contribution in [2.45, 2.75) is 5.41 Å². The van der Waals surface area contributed by atoms with Gasteiger partial charge in [-0.2, -0.15) is 0 Å². The molecular weight excluding hydrogens is 795 g/mol. The van der Waals surface area contributed by atoms with E-state index < -0.39 is 5.41 Å². The molecule has 0 radical (unpaired) electrons. The van der Waals surface area contributed by atoms with Crippen LogP contribution in [-0.2, 0) is 5.41 Å². The van der Waals surface area contributed by atoms with Crippen LogP contribution in [0.2, 0.25) is 0 Å². The molecule has 4 heterocycles. The van der Waals surface area contributed by atoms with Crippen molar-refractivity contribution in [3.8, 4) is 67.8 Å². The van der Waals surface area contributed by atoms with Gasteiger partial charge in [-0.15, -0.1) is 0 Å². The molecule has 5 heteroatoms. The summed E-state index contributed by atoms with van der Waals surface area (Å²) in [5.74, 6) is 2.37. The van der Waals surface area contributed by atoms with Gasteiger partial charge in [0, 0.05) is 60.3 Å². The number of hydrogen-bond acceptors (Lipinski definition) is 5. The minimum absolute atomic E-state index is 0.579. The molecule has 2 aliphatic rings. The third-order valence-corrected chi connectivity index (χ3v) is 13.5. The van der Waals surface area contributed by atoms with Crippen LogP contribution in [0.4, 0.5) is 0 Å². The second kappa shape index (κ2) is 13.7. The summed E-state index contributed by atoms with van der Waals surface area (Å²) >= 11 is 0. The van der Waals surface area contributed by atoms with Gasteiger partial charge in [0.25, 0.3) is 0 Å². The van der Waals surface area contributed by atoms with E-state index >= 15 is 0 Å². The van der Waals surface area contributed by atoms with Crippen molar-refractivity contribution in [2.75, 3.05) is 0 Å². The molecule has 0 saturated heterocycles. The summed E-state index contributed by atoms with van der Waals surface area (Å²) in [6, 6.07) is 74.6. The molecule has 1 spiro atoms. The molecule has 5 nitrogen and oxygen atoms in total. The van der Waals surface area contributed by atoms with Gasteiger partial charge in [0.2, 0.25) is 0 Å². The van der Waals surface area contributed by atoms with Crippen LogP contribution in [0.3, 0.4) is 0 Å². The lowest BCUT2D eigenvalue weighted by atomic mass is 9.65. The maximum absolute atomic E-state index is 7.21. The molecule has 0 amide bonds. The van der Waals surface area contributed by atoms with Gasteiger partial charge in [-0.1, -0.05) is 176 Å². The van der Waals surface area contributed by atoms with E-state index in [1.165, 1.54) is 22.3 Å². The number of ether oxygens (including phenoxy) is 1. The van der Waals surface area contributed by atoms with Crippen LogP contribution in [0.25, 0.3) is 99.9 Å². The quantitative estimate of drug-likeness (QED) is 0.165. The molecule has 3 aromatic heterocycles. The lowest BCUT2D eigenvalue weighted by Crippen LogP contribution is -2.32. The Balaban J connectivity index is 1.000. The molecule has 0 atom stereocenters. The van der Waals surface area contributed by atoms with E-state index in [9.17, 15) is 0 Å². The van der Waals surface area contributed by atoms with Gasteiger partial charge < -0.3 is 9.15 Å². The molecule has 9 aromatic carbocycles. The van der Waals surface area contributed by atoms with Gasteiger partial charge in [0.15, 0.2) is 5.82 Å². The predicted octanol–water partition coefficient (Wildman–Crippen LogP) is 15.2. The fraction of sp³-hybridized carbons (Fsp3) is 0.0167. The van der Waals surface area contributed by atoms with Crippen molar-refractivity contribution >= 4 is 43.6 Å². The zero-order chi connectivity index (χ0) is 42.6. The number of fused-ring (bicyclic) bond motifs is 16. The summed E-state index contributed by atoms with van der Waals surface area (Å²) in [6.07, 6.45) is 0. The Bertz CT molecular complexity index is 3900. The molecule has 0 N–H and O–H groups in total. The highest BCUT2D eigenvalue weighted by Crippen LogP contribution is 2.63. The van der Waals surface area contributed by atoms with E-state index in [-0.39, 0.29) is 0 Å². The Morgan fingerprint density at radius 2 is 1.00 bits per heavy atom. The Kier molecular flexibility index (Phi) is 7.54. The summed E-state index contributed by atoms with van der Waals surface area (Å²) < 4.78 is 13.5. The van der Waals surface area contributed by atoms with E-state index in [0.29, 0.717) is 5.82 Å². The maximum atomic E-state index is 7.21. The molecule has 1 aliphatic carbocycles. The Hall–Kier alpha value is -8.67. The Labute approximate surface area is 373 Å². The highest BCUT2D eigenvalue weighted by atomic mass is 16.5. The fourth-order valence-corrected chi connectivity index (χ4v) is 10.8. The Morgan fingerprint density at radius 3 is 1.85 bits per heavy atom. The van der Waals surface area contributed by atoms with E-state index in [1.54, 1.807) is 0 Å². The van der Waals surface area contributed by atoms with Gasteiger partial charge in [-0.05, 0) is 58.7 Å². The summed E-state index contributed by atoms with van der Waals surface area (Å²) in [4.78, 5) is 15.9. The van der Waals surface area contributed by atoms with Crippen molar-refractivity contribution in [1.29, 1.82) is 0 Å². The van der Waals surface area contributed by atoms with Crippen LogP contribution in [-0.4, -0.2) is 15.0 Å². The van der Waals surface area contributed by atoms with E-state index in [4.69, 9.17) is 24.1 Å². The van der Waals surface area contributed by atoms with Crippen LogP contribution in [0.5, 0.6) is 11.5 Å². The predicted molar refractivity (Wildman–Crippen MR) is 261 cm³/mol. The fourth-order valence-electron chi connectivity index (χ4n) is 10.8. The standard InChI is InChI=1S/C60H35N3O2/c1-2-16-36(17-3-1)59-62-50(35-51(63-59)42-24-15-31-54-55(42)43-23-7-12-29-52(43)64-54)37-18-14-19-38(34-37)57-44-32-33-48-58(56(44)41-22-6-11-28-49(41)61-57)65-53-30-13-10-27-47(53)60(48)45-25-8-4-20-39(45)40-21-5-9-26-46(40)60/h1-35H. The summed E-state index contributed by atoms with van der Waals surface area (Å²) in [6.45, 7) is 0. The first kappa shape index (κ1) is 35.9. The second-order valence-corrected chi connectivity index (χ2v) is 17.0. The molecule has 1 aliphatic heterocycles. The van der Waals surface area contributed by atoms with Crippen molar-refractivity contribution in [2.24, 2.45) is 0 Å². The van der Waals surface area contributed by atoms with Gasteiger partial charge >= 0.3 is 0 Å². The first-order chi connectivity index (χ1) is 32.2. The SMILES string of the molecule is c1ccc(-c2nc(-c3cccc(-c4nc5ccccc5c5c6c(ccc45)C4(c5ccccc5O6)c5ccccc5-c5ccccc54)c3)cc(-c3cccc4oc5ccccc5c34)n2)cc1. The number of aromatic nitrogens is 3. The minimum atomic E-state index is -0.579. The molecule has 14 rings (SSSR count). The zero-order valence-corrected chi connectivity index (χ0v) is 34.9. The monoisotopic (exact) mass is 829 g/mol. The van der Waals surface area contributed by atoms with Crippen molar-refractivity contribution in [3.05, 3.63) is 235 Å². The molecule has 302 valence electrons. The lowest BCUT2D eigenvalue weighted by molar-refractivity contribution is 0.442. The molecule has 12 aromatic rings. The highest BCUT2D eigenvalue weighted by Gasteiger charge is 2.51. The van der Waals surface area contributed by atoms with Gasteiger partial charge in [0.05, 0.1) is 28.0 Å². The molecule has 0 unspecified atom stereocenters. The normalized spacial score (nSPS) is 13.2. The van der Waals surface area contributed by atoms with E-state index in [0.717, 1.165) is 106 Å². The van der Waals surface area contributed by atoms with Gasteiger partial charge in [0.1, 0.15) is 22.7 Å². The third-order valence-electron chi connectivity index (χ3n) is 13.5. The average Bonchev–Trinajstić information content (AvgIpc) is 3.90. The number of pyridine rings is 1. The number of benzene rings is 9. The maximum Gasteiger partial charge on any atom is 0.160 e. The topological polar surface area (TPSA) is 61.0 Å². The van der Waals surface area contributed by atoms with Crippen molar-refractivity contribution in [1.82, 2.24) is 15.0 Å². The number of furan rings is 1. The van der Waals surface area contributed by atoms with Crippen LogP contribution >= 0.6 is 0 Å². The molecule has 65 heavy (non-hydrogen) atoms. The van der Waals surface area contributed by atoms with Crippen molar-refractivity contribution < 1.29 is 9.15 Å². The van der Waals surface area contributed by atoms with Crippen LogP contribution < -0.4 is 4.74 Å². The number of hydrogen-bond donors (Lipinski definition) is 0. The van der Waals surface area contributed by atoms with Gasteiger partial charge in [-0.3, -0.25) is 0 Å². The number of nitrogens with zero attached hydrogens (tertiary/aromatic N) is 3. The van der Waals surface area contributed by atoms with E-state index in [2.05, 4.69) is 170 Å².